The Morgan fingerprint density at radius 1 is 0.338 bits per heavy atom. The van der Waals surface area contributed by atoms with Gasteiger partial charge in [0, 0.05) is 61.6 Å². The summed E-state index contributed by atoms with van der Waals surface area (Å²) in [6.07, 6.45) is 0. The van der Waals surface area contributed by atoms with Crippen LogP contribution < -0.4 is 26.2 Å². The molecule has 2 aromatic heterocycles. The molecule has 0 atom stereocenters. The molecule has 13 rings (SSSR count). The summed E-state index contributed by atoms with van der Waals surface area (Å²) in [7, 11) is 0. The van der Waals surface area contributed by atoms with Crippen LogP contribution in [0.2, 0.25) is 0 Å². The third-order valence-electron chi connectivity index (χ3n) is 16.7. The summed E-state index contributed by atoms with van der Waals surface area (Å²) in [4.78, 5) is 21.0. The van der Waals surface area contributed by atoms with Crippen molar-refractivity contribution in [2.45, 2.75) is 105 Å². The van der Waals surface area contributed by atoms with Crippen molar-refractivity contribution in [3.05, 3.63) is 222 Å². The molecule has 0 fully saturated rings. The van der Waals surface area contributed by atoms with Crippen LogP contribution in [-0.4, -0.2) is 26.2 Å². The molecule has 0 unspecified atom stereocenters. The average Bonchev–Trinajstić information content (AvgIpc) is 1.92. The van der Waals surface area contributed by atoms with Crippen molar-refractivity contribution in [3.63, 3.8) is 0 Å². The molecule has 394 valence electrons. The van der Waals surface area contributed by atoms with Crippen LogP contribution in [0.25, 0.3) is 61.7 Å². The second-order valence-corrected chi connectivity index (χ2v) is 26.2. The number of benzene rings is 9. The van der Waals surface area contributed by atoms with E-state index in [9.17, 15) is 0 Å². The van der Waals surface area contributed by atoms with E-state index in [-0.39, 0.29) is 28.4 Å². The van der Waals surface area contributed by atoms with Crippen LogP contribution in [0.3, 0.4) is 0 Å². The van der Waals surface area contributed by atoms with Gasteiger partial charge in [-0.15, -0.1) is 0 Å². The van der Waals surface area contributed by atoms with Gasteiger partial charge in [-0.2, -0.15) is 0 Å². The van der Waals surface area contributed by atoms with Crippen LogP contribution in [-0.2, 0) is 21.7 Å². The molecule has 0 amide bonds. The van der Waals surface area contributed by atoms with Gasteiger partial charge >= 0.3 is 0 Å². The molecule has 0 radical (unpaired) electrons. The zero-order chi connectivity index (χ0) is 55.6. The van der Waals surface area contributed by atoms with Crippen LogP contribution in [0.15, 0.2) is 200 Å². The first kappa shape index (κ1) is 50.9. The van der Waals surface area contributed by atoms with Gasteiger partial charge < -0.3 is 14.4 Å². The highest BCUT2D eigenvalue weighted by atomic mass is 15.2. The molecule has 4 heterocycles. The molecule has 0 bridgehead atoms. The molecule has 9 aromatic carbocycles. The Hall–Kier alpha value is -8.55. The molecular formula is C73H69BN6. The number of rotatable bonds is 6. The summed E-state index contributed by atoms with van der Waals surface area (Å²) in [5, 5.41) is 2.27. The molecule has 0 saturated carbocycles. The summed E-state index contributed by atoms with van der Waals surface area (Å²) < 4.78 is 2.48. The molecule has 0 saturated heterocycles. The summed E-state index contributed by atoms with van der Waals surface area (Å²) in [5.41, 5.74) is 21.8. The van der Waals surface area contributed by atoms with Crippen LogP contribution in [0.1, 0.15) is 105 Å². The molecule has 7 heteroatoms. The zero-order valence-corrected chi connectivity index (χ0v) is 48.3. The lowest BCUT2D eigenvalue weighted by Crippen LogP contribution is -2.61. The van der Waals surface area contributed by atoms with Crippen LogP contribution in [0, 0.1) is 0 Å². The van der Waals surface area contributed by atoms with Gasteiger partial charge in [-0.05, 0) is 121 Å². The average molecular weight is 1040 g/mol. The Morgan fingerprint density at radius 2 is 0.750 bits per heavy atom. The van der Waals surface area contributed by atoms with Gasteiger partial charge in [0.1, 0.15) is 0 Å². The van der Waals surface area contributed by atoms with E-state index < -0.39 is 0 Å². The molecular weight excluding hydrogens is 972 g/mol. The first-order chi connectivity index (χ1) is 38.2. The second-order valence-electron chi connectivity index (χ2n) is 26.2. The van der Waals surface area contributed by atoms with E-state index in [1.165, 1.54) is 50.0 Å². The fraction of sp³-hybridized carbons (Fsp3) is 0.219. The molecule has 11 aromatic rings. The first-order valence-corrected chi connectivity index (χ1v) is 28.4. The maximum Gasteiger partial charge on any atom is 0.252 e. The Morgan fingerprint density at radius 3 is 1.21 bits per heavy atom. The third-order valence-corrected chi connectivity index (χ3v) is 16.7. The molecule has 0 aliphatic carbocycles. The van der Waals surface area contributed by atoms with Gasteiger partial charge in [-0.3, -0.25) is 0 Å². The fourth-order valence-corrected chi connectivity index (χ4v) is 12.2. The predicted octanol–water partition coefficient (Wildman–Crippen LogP) is 17.2. The van der Waals surface area contributed by atoms with E-state index in [4.69, 9.17) is 15.0 Å². The highest BCUT2D eigenvalue weighted by molar-refractivity contribution is 7.00. The largest absolute Gasteiger partial charge is 0.311 e. The van der Waals surface area contributed by atoms with Crippen LogP contribution in [0.4, 0.5) is 34.1 Å². The summed E-state index contributed by atoms with van der Waals surface area (Å²) in [6, 6.07) is 74.2. The smallest absolute Gasteiger partial charge is 0.252 e. The van der Waals surface area contributed by atoms with Crippen LogP contribution >= 0.6 is 0 Å². The van der Waals surface area contributed by atoms with Crippen molar-refractivity contribution in [1.29, 1.82) is 0 Å². The number of para-hydroxylation sites is 2. The molecule has 80 heavy (non-hydrogen) atoms. The number of nitrogens with zero attached hydrogens (tertiary/aromatic N) is 6. The third kappa shape index (κ3) is 8.61. The topological polar surface area (TPSA) is 50.1 Å². The quantitative estimate of drug-likeness (QED) is 0.155. The Kier molecular flexibility index (Phi) is 11.8. The molecule has 0 spiro atoms. The van der Waals surface area contributed by atoms with Crippen molar-refractivity contribution in [2.75, 3.05) is 9.80 Å². The Labute approximate surface area is 472 Å². The highest BCUT2D eigenvalue weighted by Gasteiger charge is 2.45. The molecule has 6 nitrogen and oxygen atoms in total. The van der Waals surface area contributed by atoms with Crippen molar-refractivity contribution in [2.24, 2.45) is 0 Å². The summed E-state index contributed by atoms with van der Waals surface area (Å²) >= 11 is 0. The fourth-order valence-electron chi connectivity index (χ4n) is 12.2. The highest BCUT2D eigenvalue weighted by Crippen LogP contribution is 2.48. The number of anilines is 6. The molecule has 2 aliphatic rings. The van der Waals surface area contributed by atoms with E-state index in [0.29, 0.717) is 17.5 Å². The number of aromatic nitrogens is 4. The standard InChI is InChI=1S/C73H69BN6/c1-70(2,3)48-30-36-52(37-31-48)78-61-40-34-50(72(7,8)9)42-58(61)74-59-43-51(73(10,11)12)35-41-62(59)79(53-38-32-49(33-39-53)71(4,5)6)64-45-54(44-63(78)65(64)74)80-60-29-20-19-26-55(60)56-27-21-28-57(66(56)80)69-76-67(46-22-15-13-16-23-46)75-68(77-69)47-24-17-14-18-25-47/h13-45H,1-12H3. The van der Waals surface area contributed by atoms with Crippen molar-refractivity contribution in [3.8, 4) is 39.9 Å². The summed E-state index contributed by atoms with van der Waals surface area (Å²) in [5.74, 6) is 1.86. The maximum absolute atomic E-state index is 5.38. The van der Waals surface area contributed by atoms with E-state index >= 15 is 0 Å². The molecule has 0 N–H and O–H groups in total. The van der Waals surface area contributed by atoms with E-state index in [1.807, 2.05) is 36.4 Å². The van der Waals surface area contributed by atoms with Crippen LogP contribution in [0.5, 0.6) is 0 Å². The number of fused-ring (bicyclic) bond motifs is 7. The minimum Gasteiger partial charge on any atom is -0.311 e. The van der Waals surface area contributed by atoms with E-state index in [2.05, 4.69) is 261 Å². The predicted molar refractivity (Wildman–Crippen MR) is 339 cm³/mol. The molecule has 2 aliphatic heterocycles. The van der Waals surface area contributed by atoms with Crippen molar-refractivity contribution >= 4 is 79.0 Å². The lowest BCUT2D eigenvalue weighted by Gasteiger charge is -2.45. The first-order valence-electron chi connectivity index (χ1n) is 28.4. The normalized spacial score (nSPS) is 13.4. The van der Waals surface area contributed by atoms with Gasteiger partial charge in [-0.1, -0.05) is 223 Å². The minimum absolute atomic E-state index is 0.0157. The van der Waals surface area contributed by atoms with Crippen molar-refractivity contribution in [1.82, 2.24) is 19.5 Å². The lowest BCUT2D eigenvalue weighted by molar-refractivity contribution is 0.590. The number of hydrogen-bond donors (Lipinski definition) is 0. The van der Waals surface area contributed by atoms with Gasteiger partial charge in [-0.25, -0.2) is 15.0 Å². The second kappa shape index (κ2) is 18.5. The number of hydrogen-bond acceptors (Lipinski definition) is 5. The van der Waals surface area contributed by atoms with E-state index in [1.54, 1.807) is 0 Å². The summed E-state index contributed by atoms with van der Waals surface area (Å²) in [6.45, 7) is 27.7. The minimum atomic E-state index is -0.0801. The van der Waals surface area contributed by atoms with Crippen molar-refractivity contribution < 1.29 is 0 Å². The Balaban J connectivity index is 1.16. The van der Waals surface area contributed by atoms with Gasteiger partial charge in [0.2, 0.25) is 0 Å². The zero-order valence-electron chi connectivity index (χ0n) is 48.3. The lowest BCUT2D eigenvalue weighted by atomic mass is 9.33. The van der Waals surface area contributed by atoms with E-state index in [0.717, 1.165) is 66.9 Å². The maximum atomic E-state index is 5.38. The SMILES string of the molecule is CC(C)(C)c1ccc(N2c3ccc(C(C)(C)C)cc3B3c4cc(C(C)(C)C)ccc4N(c4ccc(C(C)(C)C)cc4)c4cc(-n5c6ccccc6c6cccc(-c7nc(-c8ccccc8)nc(-c8ccccc8)n7)c65)cc2c43)cc1. The Bertz CT molecular complexity index is 4000. The van der Waals surface area contributed by atoms with Gasteiger partial charge in [0.15, 0.2) is 17.5 Å². The monoisotopic (exact) mass is 1040 g/mol. The van der Waals surface area contributed by atoms with Gasteiger partial charge in [0.05, 0.1) is 16.7 Å². The van der Waals surface area contributed by atoms with Gasteiger partial charge in [0.25, 0.3) is 6.71 Å².